The maximum Gasteiger partial charge on any atom is 0.0716 e. The third-order valence-electron chi connectivity index (χ3n) is 8.44. The van der Waals surface area contributed by atoms with Gasteiger partial charge in [-0.3, -0.25) is 9.97 Å². The van der Waals surface area contributed by atoms with E-state index in [1.165, 1.54) is 84.0 Å². The van der Waals surface area contributed by atoms with Crippen molar-refractivity contribution in [1.82, 2.24) is 9.97 Å². The van der Waals surface area contributed by atoms with Crippen LogP contribution in [0.3, 0.4) is 0 Å². The highest BCUT2D eigenvalue weighted by molar-refractivity contribution is 5.94. The average Bonchev–Trinajstić information content (AvgIpc) is 3.45. The monoisotopic (exact) mass is 447 g/mol. The molecule has 0 saturated heterocycles. The topological polar surface area (TPSA) is 29.0 Å². The van der Waals surface area contributed by atoms with Gasteiger partial charge in [-0.15, -0.1) is 0 Å². The van der Waals surface area contributed by atoms with Crippen molar-refractivity contribution in [3.8, 4) is 22.3 Å². The Bertz CT molecular complexity index is 1760. The number of rotatable bonds is 0. The maximum absolute atomic E-state index is 4.83. The fourth-order valence-corrected chi connectivity index (χ4v) is 6.97. The zero-order valence-corrected chi connectivity index (χ0v) is 19.2. The number of nitrogens with zero attached hydrogens (tertiary/aromatic N) is 3. The highest BCUT2D eigenvalue weighted by Crippen LogP contribution is 2.53. The maximum atomic E-state index is 4.83. The third kappa shape index (κ3) is 2.26. The van der Waals surface area contributed by atoms with Gasteiger partial charge in [0.1, 0.15) is 0 Å². The minimum absolute atomic E-state index is 0.884. The van der Waals surface area contributed by atoms with Crippen LogP contribution in [0.25, 0.3) is 22.3 Å². The molecule has 0 unspecified atom stereocenters. The van der Waals surface area contributed by atoms with E-state index in [9.17, 15) is 0 Å². The molecule has 164 valence electrons. The van der Waals surface area contributed by atoms with Crippen LogP contribution >= 0.6 is 0 Å². The predicted octanol–water partition coefficient (Wildman–Crippen LogP) is 6.90. The van der Waals surface area contributed by atoms with E-state index in [-0.39, 0.29) is 0 Å². The van der Waals surface area contributed by atoms with Crippen molar-refractivity contribution in [2.45, 2.75) is 25.7 Å². The Hall–Kier alpha value is -4.24. The molecule has 0 fully saturated rings. The average molecular weight is 448 g/mol. The molecule has 2 aliphatic carbocycles. The van der Waals surface area contributed by atoms with Gasteiger partial charge < -0.3 is 4.90 Å². The summed E-state index contributed by atoms with van der Waals surface area (Å²) in [5.74, 6) is 0. The summed E-state index contributed by atoms with van der Waals surface area (Å²) in [5, 5.41) is 0. The second-order valence-corrected chi connectivity index (χ2v) is 10.2. The summed E-state index contributed by atoms with van der Waals surface area (Å²) in [5.41, 5.74) is 20.5. The molecule has 0 N–H and O–H groups in total. The van der Waals surface area contributed by atoms with Crippen LogP contribution in [0.15, 0.2) is 79.3 Å². The second kappa shape index (κ2) is 6.25. The Morgan fingerprint density at radius 3 is 2.51 bits per heavy atom. The molecular formula is C32H21N3. The van der Waals surface area contributed by atoms with Crippen LogP contribution < -0.4 is 4.90 Å². The normalized spacial score (nSPS) is 14.9. The van der Waals surface area contributed by atoms with Gasteiger partial charge in [0, 0.05) is 25.2 Å². The lowest BCUT2D eigenvalue weighted by Crippen LogP contribution is -2.25. The van der Waals surface area contributed by atoms with Gasteiger partial charge in [-0.05, 0) is 92.2 Å². The lowest BCUT2D eigenvalue weighted by Gasteiger charge is -2.38. The SMILES string of the molecule is c1ccc2c(c1)Cc1ccc3c(c1-2)Cc1cc2c(cc1-3)N1c3cnccc3Cc3ccnc(c31)C2. The number of benzene rings is 3. The van der Waals surface area contributed by atoms with Crippen molar-refractivity contribution >= 4 is 17.1 Å². The molecule has 2 aromatic heterocycles. The van der Waals surface area contributed by atoms with Crippen molar-refractivity contribution in [2.24, 2.45) is 0 Å². The molecule has 3 heteroatoms. The van der Waals surface area contributed by atoms with Crippen LogP contribution in [0, 0.1) is 0 Å². The predicted molar refractivity (Wildman–Crippen MR) is 139 cm³/mol. The molecule has 2 aliphatic heterocycles. The van der Waals surface area contributed by atoms with Crippen LogP contribution in [-0.4, -0.2) is 9.97 Å². The van der Waals surface area contributed by atoms with Crippen molar-refractivity contribution < 1.29 is 0 Å². The van der Waals surface area contributed by atoms with E-state index in [0.29, 0.717) is 0 Å². The van der Waals surface area contributed by atoms with E-state index in [2.05, 4.69) is 70.5 Å². The van der Waals surface area contributed by atoms with Gasteiger partial charge in [0.25, 0.3) is 0 Å². The second-order valence-electron chi connectivity index (χ2n) is 10.2. The van der Waals surface area contributed by atoms with Crippen molar-refractivity contribution in [2.75, 3.05) is 4.90 Å². The fraction of sp³-hybridized carbons (Fsp3) is 0.125. The van der Waals surface area contributed by atoms with Gasteiger partial charge >= 0.3 is 0 Å². The van der Waals surface area contributed by atoms with E-state index in [0.717, 1.165) is 25.7 Å². The molecule has 0 radical (unpaired) electrons. The first-order valence-corrected chi connectivity index (χ1v) is 12.4. The zero-order valence-electron chi connectivity index (χ0n) is 19.2. The zero-order chi connectivity index (χ0) is 22.7. The number of anilines is 3. The van der Waals surface area contributed by atoms with Gasteiger partial charge in [0.15, 0.2) is 0 Å². The molecule has 3 nitrogen and oxygen atoms in total. The molecule has 9 rings (SSSR count). The van der Waals surface area contributed by atoms with Crippen molar-refractivity contribution in [3.05, 3.63) is 124 Å². The van der Waals surface area contributed by atoms with E-state index in [1.54, 1.807) is 0 Å². The minimum Gasteiger partial charge on any atom is -0.306 e. The largest absolute Gasteiger partial charge is 0.306 e. The summed E-state index contributed by atoms with van der Waals surface area (Å²) in [6.07, 6.45) is 9.79. The van der Waals surface area contributed by atoms with Gasteiger partial charge in [-0.1, -0.05) is 42.5 Å². The summed E-state index contributed by atoms with van der Waals surface area (Å²) < 4.78 is 0. The Kier molecular flexibility index (Phi) is 3.24. The van der Waals surface area contributed by atoms with Crippen LogP contribution in [0.5, 0.6) is 0 Å². The molecule has 0 bridgehead atoms. The molecule has 4 heterocycles. The summed E-state index contributed by atoms with van der Waals surface area (Å²) >= 11 is 0. The summed E-state index contributed by atoms with van der Waals surface area (Å²) in [6.45, 7) is 0. The Balaban J connectivity index is 1.28. The lowest BCUT2D eigenvalue weighted by molar-refractivity contribution is 0.953. The number of hydrogen-bond donors (Lipinski definition) is 0. The van der Waals surface area contributed by atoms with Crippen LogP contribution in [-0.2, 0) is 25.7 Å². The van der Waals surface area contributed by atoms with Gasteiger partial charge in [0.05, 0.1) is 29.0 Å². The summed E-state index contributed by atoms with van der Waals surface area (Å²) in [6, 6.07) is 22.9. The Labute approximate surface area is 203 Å². The molecule has 5 aromatic rings. The fourth-order valence-electron chi connectivity index (χ4n) is 6.97. The minimum atomic E-state index is 0.884. The Morgan fingerprint density at radius 2 is 1.51 bits per heavy atom. The van der Waals surface area contributed by atoms with Crippen LogP contribution in [0.2, 0.25) is 0 Å². The molecule has 35 heavy (non-hydrogen) atoms. The first-order valence-electron chi connectivity index (χ1n) is 12.4. The quantitative estimate of drug-likeness (QED) is 0.253. The standard InChI is InChI=1S/C32H21N3/c1-2-4-24-18(3-1)11-20-5-6-25-26-16-29-23(13-22(26)14-27(25)31(20)24)15-28-32-21(8-10-34-28)12-19-7-9-33-17-30(19)35(29)32/h1-10,13,16-17H,11-12,14-15H2. The van der Waals surface area contributed by atoms with Crippen molar-refractivity contribution in [1.29, 1.82) is 0 Å². The number of hydrogen-bond acceptors (Lipinski definition) is 3. The Morgan fingerprint density at radius 1 is 0.600 bits per heavy atom. The number of aromatic nitrogens is 2. The van der Waals surface area contributed by atoms with E-state index < -0.39 is 0 Å². The van der Waals surface area contributed by atoms with Gasteiger partial charge in [-0.25, -0.2) is 0 Å². The first kappa shape index (κ1) is 18.1. The van der Waals surface area contributed by atoms with E-state index >= 15 is 0 Å². The molecule has 0 spiro atoms. The summed E-state index contributed by atoms with van der Waals surface area (Å²) in [4.78, 5) is 11.8. The first-order chi connectivity index (χ1) is 17.3. The highest BCUT2D eigenvalue weighted by atomic mass is 15.2. The molecule has 3 aromatic carbocycles. The highest BCUT2D eigenvalue weighted by Gasteiger charge is 2.35. The van der Waals surface area contributed by atoms with Crippen LogP contribution in [0.1, 0.15) is 44.6 Å². The molecular weight excluding hydrogens is 426 g/mol. The van der Waals surface area contributed by atoms with Crippen molar-refractivity contribution in [3.63, 3.8) is 0 Å². The lowest BCUT2D eigenvalue weighted by atomic mass is 9.88. The molecule has 4 aliphatic rings. The third-order valence-corrected chi connectivity index (χ3v) is 8.44. The smallest absolute Gasteiger partial charge is 0.0716 e. The van der Waals surface area contributed by atoms with Gasteiger partial charge in [0.2, 0.25) is 0 Å². The number of pyridine rings is 2. The van der Waals surface area contributed by atoms with E-state index in [4.69, 9.17) is 4.98 Å². The number of fused-ring (bicyclic) bond motifs is 11. The molecule has 0 amide bonds. The summed E-state index contributed by atoms with van der Waals surface area (Å²) in [7, 11) is 0. The van der Waals surface area contributed by atoms with E-state index in [1.807, 2.05) is 18.6 Å². The van der Waals surface area contributed by atoms with Gasteiger partial charge in [-0.2, -0.15) is 0 Å². The van der Waals surface area contributed by atoms with Crippen LogP contribution in [0.4, 0.5) is 17.1 Å². The molecule has 0 saturated carbocycles. The molecule has 0 atom stereocenters.